The van der Waals surface area contributed by atoms with E-state index in [1.165, 1.54) is 11.3 Å². The molecule has 0 bridgehead atoms. The highest BCUT2D eigenvalue weighted by molar-refractivity contribution is 7.12. The van der Waals surface area contributed by atoms with Crippen molar-refractivity contribution in [3.8, 4) is 0 Å². The highest BCUT2D eigenvalue weighted by atomic mass is 32.1. The molecule has 3 heterocycles. The molecule has 2 aliphatic rings. The lowest BCUT2D eigenvalue weighted by Crippen LogP contribution is -2.41. The number of rotatable bonds is 3. The van der Waals surface area contributed by atoms with Crippen LogP contribution < -0.4 is 0 Å². The molecule has 1 N–H and O–H groups in total. The molecule has 5 nitrogen and oxygen atoms in total. The summed E-state index contributed by atoms with van der Waals surface area (Å²) in [5, 5.41) is 11.8. The van der Waals surface area contributed by atoms with E-state index in [-0.39, 0.29) is 35.7 Å². The van der Waals surface area contributed by atoms with Crippen molar-refractivity contribution in [1.29, 1.82) is 0 Å². The maximum Gasteiger partial charge on any atom is 0.263 e. The van der Waals surface area contributed by atoms with Crippen LogP contribution in [0.15, 0.2) is 17.5 Å². The van der Waals surface area contributed by atoms with Gasteiger partial charge in [0.15, 0.2) is 0 Å². The van der Waals surface area contributed by atoms with Crippen molar-refractivity contribution in [1.82, 2.24) is 9.80 Å². The Balaban J connectivity index is 1.74. The minimum Gasteiger partial charge on any atom is -0.396 e. The van der Waals surface area contributed by atoms with E-state index in [0.29, 0.717) is 26.2 Å². The number of nitrogens with zero attached hydrogens (tertiary/aromatic N) is 2. The Morgan fingerprint density at radius 1 is 1.36 bits per heavy atom. The van der Waals surface area contributed by atoms with E-state index < -0.39 is 0 Å². The summed E-state index contributed by atoms with van der Waals surface area (Å²) in [5.41, 5.74) is -0.350. The van der Waals surface area contributed by atoms with Crippen LogP contribution in [-0.2, 0) is 4.79 Å². The van der Waals surface area contributed by atoms with Crippen LogP contribution in [0.1, 0.15) is 23.5 Å². The van der Waals surface area contributed by atoms with Gasteiger partial charge in [-0.25, -0.2) is 0 Å². The molecule has 2 saturated heterocycles. The third-order valence-electron chi connectivity index (χ3n) is 4.90. The number of amides is 2. The van der Waals surface area contributed by atoms with Crippen molar-refractivity contribution < 1.29 is 14.7 Å². The summed E-state index contributed by atoms with van der Waals surface area (Å²) in [5.74, 6) is 0.319. The molecule has 0 saturated carbocycles. The average Bonchev–Trinajstić information content (AvgIpc) is 3.19. The van der Waals surface area contributed by atoms with Gasteiger partial charge in [-0.05, 0) is 11.4 Å². The largest absolute Gasteiger partial charge is 0.396 e. The molecule has 0 aliphatic carbocycles. The second kappa shape index (κ2) is 5.66. The number of likely N-dealkylation sites (tertiary alicyclic amines) is 2. The molecule has 0 spiro atoms. The molecule has 2 fully saturated rings. The predicted octanol–water partition coefficient (Wildman–Crippen LogP) is 1.30. The molecule has 0 aromatic carbocycles. The van der Waals surface area contributed by atoms with Crippen molar-refractivity contribution in [3.05, 3.63) is 22.4 Å². The SMILES string of the molecule is CC(C)C(=O)N1C[C@@H]2CN(C(=O)c3cccs3)C[C@]2(CO)C1. The summed E-state index contributed by atoms with van der Waals surface area (Å²) in [6.45, 7) is 6.17. The Hall–Kier alpha value is -1.40. The number of fused-ring (bicyclic) bond motifs is 1. The standard InChI is InChI=1S/C16H22N2O3S/c1-11(2)14(20)17-6-12-7-18(9-16(12,8-17)10-19)15(21)13-4-3-5-22-13/h3-5,11-12,19H,6-10H2,1-2H3/t12-,16+/m1/s1. The zero-order valence-electron chi connectivity index (χ0n) is 13.0. The van der Waals surface area contributed by atoms with Crippen molar-refractivity contribution in [2.24, 2.45) is 17.3 Å². The second-order valence-electron chi connectivity index (χ2n) is 6.75. The Morgan fingerprint density at radius 3 is 2.59 bits per heavy atom. The molecule has 2 amide bonds. The van der Waals surface area contributed by atoms with Crippen molar-refractivity contribution in [2.45, 2.75) is 13.8 Å². The van der Waals surface area contributed by atoms with Crippen LogP contribution in [0, 0.1) is 17.3 Å². The lowest BCUT2D eigenvalue weighted by atomic mass is 9.82. The molecule has 0 unspecified atom stereocenters. The highest BCUT2D eigenvalue weighted by Gasteiger charge is 2.54. The van der Waals surface area contributed by atoms with E-state index in [4.69, 9.17) is 0 Å². The topological polar surface area (TPSA) is 60.9 Å². The number of carbonyl (C=O) groups is 2. The van der Waals surface area contributed by atoms with Crippen molar-refractivity contribution in [3.63, 3.8) is 0 Å². The minimum atomic E-state index is -0.350. The van der Waals surface area contributed by atoms with E-state index in [2.05, 4.69) is 0 Å². The molecule has 22 heavy (non-hydrogen) atoms. The van der Waals surface area contributed by atoms with Crippen molar-refractivity contribution in [2.75, 3.05) is 32.8 Å². The number of hydrogen-bond acceptors (Lipinski definition) is 4. The van der Waals surface area contributed by atoms with Crippen LogP contribution in [0.3, 0.4) is 0 Å². The molecule has 120 valence electrons. The first kappa shape index (κ1) is 15.5. The van der Waals surface area contributed by atoms with Crippen LogP contribution >= 0.6 is 11.3 Å². The number of aliphatic hydroxyl groups is 1. The Labute approximate surface area is 134 Å². The van der Waals surface area contributed by atoms with Gasteiger partial charge in [0.25, 0.3) is 5.91 Å². The average molecular weight is 322 g/mol. The maximum absolute atomic E-state index is 12.5. The molecule has 2 atom stereocenters. The number of aliphatic hydroxyl groups excluding tert-OH is 1. The van der Waals surface area contributed by atoms with E-state index in [1.807, 2.05) is 41.2 Å². The van der Waals surface area contributed by atoms with Gasteiger partial charge in [-0.3, -0.25) is 9.59 Å². The fourth-order valence-electron chi connectivity index (χ4n) is 3.65. The zero-order chi connectivity index (χ0) is 15.9. The Morgan fingerprint density at radius 2 is 2.05 bits per heavy atom. The van der Waals surface area contributed by atoms with Crippen LogP contribution in [0.2, 0.25) is 0 Å². The highest BCUT2D eigenvalue weighted by Crippen LogP contribution is 2.43. The van der Waals surface area contributed by atoms with Crippen LogP contribution in [0.4, 0.5) is 0 Å². The van der Waals surface area contributed by atoms with Gasteiger partial charge in [0.05, 0.1) is 11.5 Å². The third kappa shape index (κ3) is 2.44. The van der Waals surface area contributed by atoms with Gasteiger partial charge in [-0.15, -0.1) is 11.3 Å². The van der Waals surface area contributed by atoms with Gasteiger partial charge in [0, 0.05) is 43.4 Å². The summed E-state index contributed by atoms with van der Waals surface area (Å²) >= 11 is 1.44. The lowest BCUT2D eigenvalue weighted by molar-refractivity contribution is -0.134. The van der Waals surface area contributed by atoms with E-state index in [0.717, 1.165) is 4.88 Å². The zero-order valence-corrected chi connectivity index (χ0v) is 13.8. The molecule has 6 heteroatoms. The summed E-state index contributed by atoms with van der Waals surface area (Å²) < 4.78 is 0. The van der Waals surface area contributed by atoms with E-state index in [1.54, 1.807) is 0 Å². The number of hydrogen-bond donors (Lipinski definition) is 1. The first-order valence-electron chi connectivity index (χ1n) is 7.69. The number of carbonyl (C=O) groups excluding carboxylic acids is 2. The Bertz CT molecular complexity index is 572. The van der Waals surface area contributed by atoms with Crippen LogP contribution in [0.25, 0.3) is 0 Å². The molecule has 1 aromatic heterocycles. The van der Waals surface area contributed by atoms with E-state index >= 15 is 0 Å². The van der Waals surface area contributed by atoms with Gasteiger partial charge < -0.3 is 14.9 Å². The molecule has 0 radical (unpaired) electrons. The molecule has 1 aromatic rings. The quantitative estimate of drug-likeness (QED) is 0.912. The summed E-state index contributed by atoms with van der Waals surface area (Å²) in [7, 11) is 0. The smallest absolute Gasteiger partial charge is 0.263 e. The predicted molar refractivity (Wildman–Crippen MR) is 84.6 cm³/mol. The first-order chi connectivity index (χ1) is 10.5. The first-order valence-corrected chi connectivity index (χ1v) is 8.57. The van der Waals surface area contributed by atoms with Gasteiger partial charge in [0.2, 0.25) is 5.91 Å². The fraction of sp³-hybridized carbons (Fsp3) is 0.625. The molecule has 3 rings (SSSR count). The van der Waals surface area contributed by atoms with Gasteiger partial charge >= 0.3 is 0 Å². The van der Waals surface area contributed by atoms with E-state index in [9.17, 15) is 14.7 Å². The molecular formula is C16H22N2O3S. The second-order valence-corrected chi connectivity index (χ2v) is 7.70. The monoisotopic (exact) mass is 322 g/mol. The third-order valence-corrected chi connectivity index (χ3v) is 5.76. The normalized spacial score (nSPS) is 27.5. The van der Waals surface area contributed by atoms with Gasteiger partial charge in [-0.1, -0.05) is 19.9 Å². The van der Waals surface area contributed by atoms with Gasteiger partial charge in [-0.2, -0.15) is 0 Å². The fourth-order valence-corrected chi connectivity index (χ4v) is 4.34. The van der Waals surface area contributed by atoms with Crippen molar-refractivity contribution >= 4 is 23.2 Å². The molecule has 2 aliphatic heterocycles. The van der Waals surface area contributed by atoms with Crippen LogP contribution in [0.5, 0.6) is 0 Å². The minimum absolute atomic E-state index is 0.0216. The summed E-state index contributed by atoms with van der Waals surface area (Å²) in [6.07, 6.45) is 0. The Kier molecular flexibility index (Phi) is 3.99. The van der Waals surface area contributed by atoms with Gasteiger partial charge in [0.1, 0.15) is 0 Å². The maximum atomic E-state index is 12.5. The summed E-state index contributed by atoms with van der Waals surface area (Å²) in [4.78, 5) is 29.1. The number of thiophene rings is 1. The molecular weight excluding hydrogens is 300 g/mol. The summed E-state index contributed by atoms with van der Waals surface area (Å²) in [6, 6.07) is 3.71. The van der Waals surface area contributed by atoms with Crippen LogP contribution in [-0.4, -0.2) is 59.5 Å². The lowest BCUT2D eigenvalue weighted by Gasteiger charge is -2.27.